The van der Waals surface area contributed by atoms with Gasteiger partial charge in [0.1, 0.15) is 0 Å². The summed E-state index contributed by atoms with van der Waals surface area (Å²) < 4.78 is 68.0. The van der Waals surface area contributed by atoms with Gasteiger partial charge in [0, 0.05) is 13.1 Å². The van der Waals surface area contributed by atoms with E-state index in [-0.39, 0.29) is 23.3 Å². The summed E-state index contributed by atoms with van der Waals surface area (Å²) in [5.41, 5.74) is 0. The molecule has 0 atom stereocenters. The average Bonchev–Trinajstić information content (AvgIpc) is 2.49. The van der Waals surface area contributed by atoms with Gasteiger partial charge in [-0.1, -0.05) is 0 Å². The van der Waals surface area contributed by atoms with E-state index < -0.39 is 28.2 Å². The summed E-state index contributed by atoms with van der Waals surface area (Å²) in [4.78, 5) is -0.285. The molecule has 1 aromatic carbocycles. The second-order valence-corrected chi connectivity index (χ2v) is 6.97. The molecule has 0 saturated carbocycles. The third-order valence-corrected chi connectivity index (χ3v) is 5.53. The zero-order valence-electron chi connectivity index (χ0n) is 12.3. The highest BCUT2D eigenvalue weighted by Gasteiger charge is 2.29. The lowest BCUT2D eigenvalue weighted by Crippen LogP contribution is -2.43. The van der Waals surface area contributed by atoms with Gasteiger partial charge in [-0.15, -0.1) is 12.4 Å². The van der Waals surface area contributed by atoms with Crippen LogP contribution in [0.1, 0.15) is 12.8 Å². The first-order chi connectivity index (χ1) is 10.3. The SMILES string of the molecule is CN(C1CCNCC1)S(=O)(=O)c1ccc(OC(F)F)c(F)c1.Cl. The fourth-order valence-electron chi connectivity index (χ4n) is 2.37. The molecular formula is C13H18ClF3N2O3S. The van der Waals surface area contributed by atoms with Crippen LogP contribution in [0.25, 0.3) is 0 Å². The van der Waals surface area contributed by atoms with Crippen molar-refractivity contribution in [3.05, 3.63) is 24.0 Å². The summed E-state index contributed by atoms with van der Waals surface area (Å²) in [5.74, 6) is -1.82. The normalized spacial score (nSPS) is 16.4. The molecule has 1 fully saturated rings. The fraction of sp³-hybridized carbons (Fsp3) is 0.538. The lowest BCUT2D eigenvalue weighted by molar-refractivity contribution is -0.0522. The van der Waals surface area contributed by atoms with Crippen molar-refractivity contribution in [2.45, 2.75) is 30.4 Å². The summed E-state index contributed by atoms with van der Waals surface area (Å²) in [6.07, 6.45) is 1.32. The molecule has 0 radical (unpaired) electrons. The quantitative estimate of drug-likeness (QED) is 0.858. The van der Waals surface area contributed by atoms with Crippen LogP contribution in [0.5, 0.6) is 5.75 Å². The first-order valence-corrected chi connectivity index (χ1v) is 8.19. The molecule has 1 aliphatic rings. The second kappa shape index (κ2) is 8.18. The van der Waals surface area contributed by atoms with Crippen LogP contribution < -0.4 is 10.1 Å². The predicted octanol–water partition coefficient (Wildman–Crippen LogP) is 2.22. The number of sulfonamides is 1. The van der Waals surface area contributed by atoms with E-state index >= 15 is 0 Å². The molecule has 0 spiro atoms. The van der Waals surface area contributed by atoms with Gasteiger partial charge in [-0.25, -0.2) is 12.8 Å². The van der Waals surface area contributed by atoms with Gasteiger partial charge in [-0.05, 0) is 44.1 Å². The number of nitrogens with zero attached hydrogens (tertiary/aromatic N) is 1. The number of nitrogens with one attached hydrogen (secondary N) is 1. The molecule has 2 rings (SSSR count). The largest absolute Gasteiger partial charge is 0.432 e. The minimum atomic E-state index is -3.88. The Morgan fingerprint density at radius 3 is 2.43 bits per heavy atom. The van der Waals surface area contributed by atoms with Crippen molar-refractivity contribution < 1.29 is 26.3 Å². The molecular weight excluding hydrogens is 357 g/mol. The number of rotatable bonds is 5. The van der Waals surface area contributed by atoms with Crippen LogP contribution >= 0.6 is 12.4 Å². The van der Waals surface area contributed by atoms with Gasteiger partial charge in [0.05, 0.1) is 4.90 Å². The summed E-state index contributed by atoms with van der Waals surface area (Å²) in [6, 6.07) is 2.48. The van der Waals surface area contributed by atoms with Gasteiger partial charge >= 0.3 is 6.61 Å². The number of halogens is 4. The third-order valence-electron chi connectivity index (χ3n) is 3.62. The lowest BCUT2D eigenvalue weighted by atomic mass is 10.1. The number of alkyl halides is 2. The van der Waals surface area contributed by atoms with Crippen molar-refractivity contribution in [3.63, 3.8) is 0 Å². The highest BCUT2D eigenvalue weighted by Crippen LogP contribution is 2.26. The van der Waals surface area contributed by atoms with Crippen LogP contribution in [0.4, 0.5) is 13.2 Å². The molecule has 0 aliphatic carbocycles. The van der Waals surface area contributed by atoms with E-state index in [1.54, 1.807) is 0 Å². The molecule has 0 amide bonds. The van der Waals surface area contributed by atoms with Gasteiger partial charge < -0.3 is 10.1 Å². The maximum absolute atomic E-state index is 13.7. The Labute approximate surface area is 139 Å². The number of ether oxygens (including phenoxy) is 1. The second-order valence-electron chi connectivity index (χ2n) is 4.97. The standard InChI is InChI=1S/C13H17F3N2O3S.ClH/c1-18(9-4-6-17-7-5-9)22(19,20)10-2-3-12(11(14)8-10)21-13(15)16;/h2-3,8-9,13,17H,4-7H2,1H3;1H. The van der Waals surface area contributed by atoms with Gasteiger partial charge in [0.15, 0.2) is 11.6 Å². The van der Waals surface area contributed by atoms with E-state index in [1.807, 2.05) is 0 Å². The maximum atomic E-state index is 13.7. The Morgan fingerprint density at radius 2 is 1.91 bits per heavy atom. The van der Waals surface area contributed by atoms with E-state index in [4.69, 9.17) is 0 Å². The molecule has 0 unspecified atom stereocenters. The van der Waals surface area contributed by atoms with Gasteiger partial charge in [0.25, 0.3) is 0 Å². The Kier molecular flexibility index (Phi) is 7.12. The molecule has 0 aromatic heterocycles. The molecule has 1 saturated heterocycles. The van der Waals surface area contributed by atoms with Crippen LogP contribution in [-0.4, -0.2) is 45.5 Å². The van der Waals surface area contributed by atoms with Crippen LogP contribution in [0, 0.1) is 5.82 Å². The Hall–Kier alpha value is -1.03. The molecule has 1 heterocycles. The Bertz CT molecular complexity index is 625. The molecule has 23 heavy (non-hydrogen) atoms. The van der Waals surface area contributed by atoms with Crippen LogP contribution in [-0.2, 0) is 10.0 Å². The van der Waals surface area contributed by atoms with Gasteiger partial charge in [0.2, 0.25) is 10.0 Å². The highest BCUT2D eigenvalue weighted by molar-refractivity contribution is 7.89. The van der Waals surface area contributed by atoms with Crippen molar-refractivity contribution in [2.24, 2.45) is 0 Å². The zero-order chi connectivity index (χ0) is 16.3. The van der Waals surface area contributed by atoms with Crippen molar-refractivity contribution in [2.75, 3.05) is 20.1 Å². The van der Waals surface area contributed by atoms with Gasteiger partial charge in [-0.3, -0.25) is 0 Å². The average molecular weight is 375 g/mol. The first-order valence-electron chi connectivity index (χ1n) is 6.75. The summed E-state index contributed by atoms with van der Waals surface area (Å²) in [6.45, 7) is -1.76. The number of hydrogen-bond donors (Lipinski definition) is 1. The third kappa shape index (κ3) is 4.72. The molecule has 5 nitrogen and oxygen atoms in total. The van der Waals surface area contributed by atoms with Crippen LogP contribution in [0.2, 0.25) is 0 Å². The molecule has 1 aliphatic heterocycles. The van der Waals surface area contributed by atoms with E-state index in [2.05, 4.69) is 10.1 Å². The van der Waals surface area contributed by atoms with Gasteiger partial charge in [-0.2, -0.15) is 13.1 Å². The first kappa shape index (κ1) is 20.0. The number of piperidine rings is 1. The Balaban J connectivity index is 0.00000264. The van der Waals surface area contributed by atoms with E-state index in [0.717, 1.165) is 12.1 Å². The minimum absolute atomic E-state index is 0. The number of hydrogen-bond acceptors (Lipinski definition) is 4. The van der Waals surface area contributed by atoms with Crippen LogP contribution in [0.15, 0.2) is 23.1 Å². The summed E-state index contributed by atoms with van der Waals surface area (Å²) in [7, 11) is -2.45. The maximum Gasteiger partial charge on any atom is 0.387 e. The molecule has 132 valence electrons. The summed E-state index contributed by atoms with van der Waals surface area (Å²) in [5, 5.41) is 3.13. The van der Waals surface area contributed by atoms with E-state index in [1.165, 1.54) is 11.4 Å². The van der Waals surface area contributed by atoms with Crippen molar-refractivity contribution in [1.29, 1.82) is 0 Å². The molecule has 1 aromatic rings. The minimum Gasteiger partial charge on any atom is -0.432 e. The van der Waals surface area contributed by atoms with Crippen molar-refractivity contribution >= 4 is 22.4 Å². The fourth-order valence-corrected chi connectivity index (χ4v) is 3.79. The molecule has 10 heteroatoms. The lowest BCUT2D eigenvalue weighted by Gasteiger charge is -2.30. The topological polar surface area (TPSA) is 58.6 Å². The molecule has 0 bridgehead atoms. The van der Waals surface area contributed by atoms with E-state index in [9.17, 15) is 21.6 Å². The number of benzene rings is 1. The Morgan fingerprint density at radius 1 is 1.30 bits per heavy atom. The molecule has 1 N–H and O–H groups in total. The zero-order valence-corrected chi connectivity index (χ0v) is 14.0. The monoisotopic (exact) mass is 374 g/mol. The van der Waals surface area contributed by atoms with Crippen molar-refractivity contribution in [1.82, 2.24) is 9.62 Å². The highest BCUT2D eigenvalue weighted by atomic mass is 35.5. The smallest absolute Gasteiger partial charge is 0.387 e. The van der Waals surface area contributed by atoms with E-state index in [0.29, 0.717) is 32.0 Å². The predicted molar refractivity (Wildman–Crippen MR) is 81.1 cm³/mol. The van der Waals surface area contributed by atoms with Crippen molar-refractivity contribution in [3.8, 4) is 5.75 Å². The van der Waals surface area contributed by atoms with Crippen LogP contribution in [0.3, 0.4) is 0 Å². The summed E-state index contributed by atoms with van der Waals surface area (Å²) >= 11 is 0.